The Balaban J connectivity index is 1.63. The number of carbonyl (C=O) groups is 3. The Hall–Kier alpha value is -3.38. The van der Waals surface area contributed by atoms with Gasteiger partial charge >= 0.3 is 0 Å². The molecule has 0 spiro atoms. The van der Waals surface area contributed by atoms with Gasteiger partial charge in [-0.2, -0.15) is 0 Å². The number of phenols is 1. The standard InChI is InChI=1S/C34H48ClN5O6/c1-21(2)31-34(44)38-28(19-40-11-13-45-14-12-40)32(42)36-18-22(3)15-25-7-5-6-8-30(25)46-20-23(4)37-27(33(43)39-31)17-24-9-10-29(41)26(35)16-24/h5-10,16,21-23,27-28,31,37,41H,11-15,17-20H2,1-4H3,(H,36,42)(H,38,44)(H,39,43)/t22-,23-,27+,28-,31+/m0/s1. The van der Waals surface area contributed by atoms with Crippen LogP contribution in [0.5, 0.6) is 11.5 Å². The summed E-state index contributed by atoms with van der Waals surface area (Å²) < 4.78 is 11.7. The first-order valence-electron chi connectivity index (χ1n) is 16.1. The van der Waals surface area contributed by atoms with Crippen LogP contribution in [0.15, 0.2) is 42.5 Å². The van der Waals surface area contributed by atoms with Crippen LogP contribution < -0.4 is 26.0 Å². The summed E-state index contributed by atoms with van der Waals surface area (Å²) in [4.78, 5) is 43.3. The number of morpholine rings is 1. The molecule has 2 aromatic carbocycles. The molecule has 2 aliphatic rings. The molecule has 252 valence electrons. The Morgan fingerprint density at radius 3 is 2.43 bits per heavy atom. The number of nitrogens with one attached hydrogen (secondary N) is 4. The monoisotopic (exact) mass is 657 g/mol. The van der Waals surface area contributed by atoms with Crippen LogP contribution in [-0.4, -0.2) is 97.9 Å². The van der Waals surface area contributed by atoms with Crippen LogP contribution in [0.4, 0.5) is 0 Å². The number of aromatic hydroxyl groups is 1. The summed E-state index contributed by atoms with van der Waals surface area (Å²) >= 11 is 6.18. The molecular formula is C34H48ClN5O6. The summed E-state index contributed by atoms with van der Waals surface area (Å²) in [6, 6.07) is 9.94. The van der Waals surface area contributed by atoms with Crippen molar-refractivity contribution in [3.8, 4) is 11.5 Å². The quantitative estimate of drug-likeness (QED) is 0.330. The molecule has 1 fully saturated rings. The molecule has 0 saturated carbocycles. The fraction of sp³-hybridized carbons (Fsp3) is 0.559. The topological polar surface area (TPSA) is 141 Å². The molecule has 1 saturated heterocycles. The molecule has 12 heteroatoms. The number of hydrogen-bond donors (Lipinski definition) is 5. The van der Waals surface area contributed by atoms with Gasteiger partial charge in [0, 0.05) is 32.2 Å². The lowest BCUT2D eigenvalue weighted by atomic mass is 9.99. The molecule has 0 radical (unpaired) electrons. The molecule has 5 N–H and O–H groups in total. The maximum absolute atomic E-state index is 13.9. The van der Waals surface area contributed by atoms with Gasteiger partial charge in [-0.15, -0.1) is 0 Å². The minimum Gasteiger partial charge on any atom is -0.506 e. The molecular weight excluding hydrogens is 610 g/mol. The Labute approximate surface area is 276 Å². The van der Waals surface area contributed by atoms with Crippen LogP contribution in [-0.2, 0) is 32.0 Å². The molecule has 0 aromatic heterocycles. The zero-order valence-electron chi connectivity index (χ0n) is 27.2. The average Bonchev–Trinajstić information content (AvgIpc) is 3.03. The number of carbonyl (C=O) groups excluding carboxylic acids is 3. The predicted molar refractivity (Wildman–Crippen MR) is 177 cm³/mol. The smallest absolute Gasteiger partial charge is 0.243 e. The maximum atomic E-state index is 13.9. The van der Waals surface area contributed by atoms with Gasteiger partial charge in [-0.3, -0.25) is 24.6 Å². The highest BCUT2D eigenvalue weighted by atomic mass is 35.5. The van der Waals surface area contributed by atoms with Crippen LogP contribution in [0.2, 0.25) is 5.02 Å². The van der Waals surface area contributed by atoms with Crippen molar-refractivity contribution in [1.29, 1.82) is 0 Å². The lowest BCUT2D eigenvalue weighted by Gasteiger charge is -2.32. The zero-order chi connectivity index (χ0) is 33.2. The van der Waals surface area contributed by atoms with Crippen LogP contribution in [0, 0.1) is 11.8 Å². The van der Waals surface area contributed by atoms with Crippen molar-refractivity contribution in [2.45, 2.75) is 64.7 Å². The second-order valence-corrected chi connectivity index (χ2v) is 13.2. The molecule has 5 atom stereocenters. The highest BCUT2D eigenvalue weighted by Crippen LogP contribution is 2.25. The predicted octanol–water partition coefficient (Wildman–Crippen LogP) is 2.28. The van der Waals surface area contributed by atoms with Crippen LogP contribution >= 0.6 is 11.6 Å². The van der Waals surface area contributed by atoms with Crippen molar-refractivity contribution in [3.63, 3.8) is 0 Å². The summed E-state index contributed by atoms with van der Waals surface area (Å²) in [5.74, 6) is -0.538. The van der Waals surface area contributed by atoms with Gasteiger partial charge in [-0.25, -0.2) is 0 Å². The molecule has 0 bridgehead atoms. The fourth-order valence-electron chi connectivity index (χ4n) is 5.69. The SMILES string of the molecule is CC(C)[C@H]1NC(=O)[C@@H](Cc2ccc(O)c(Cl)c2)N[C@@H](C)COc2ccccc2C[C@H](C)CNC(=O)[C@H](CN2CCOCC2)NC1=O. The van der Waals surface area contributed by atoms with Gasteiger partial charge in [0.25, 0.3) is 0 Å². The number of rotatable bonds is 5. The van der Waals surface area contributed by atoms with Gasteiger partial charge in [-0.05, 0) is 60.9 Å². The number of fused-ring (bicyclic) bond motifs is 1. The van der Waals surface area contributed by atoms with Crippen molar-refractivity contribution in [3.05, 3.63) is 58.6 Å². The van der Waals surface area contributed by atoms with Gasteiger partial charge in [0.05, 0.1) is 24.3 Å². The molecule has 2 aliphatic heterocycles. The van der Waals surface area contributed by atoms with Crippen LogP contribution in [0.3, 0.4) is 0 Å². The van der Waals surface area contributed by atoms with Crippen molar-refractivity contribution in [1.82, 2.24) is 26.2 Å². The van der Waals surface area contributed by atoms with Gasteiger partial charge < -0.3 is 30.5 Å². The highest BCUT2D eigenvalue weighted by molar-refractivity contribution is 6.32. The number of ether oxygens (including phenoxy) is 2. The first-order valence-corrected chi connectivity index (χ1v) is 16.5. The lowest BCUT2D eigenvalue weighted by Crippen LogP contribution is -2.61. The van der Waals surface area contributed by atoms with E-state index in [1.54, 1.807) is 12.1 Å². The van der Waals surface area contributed by atoms with E-state index in [4.69, 9.17) is 21.1 Å². The van der Waals surface area contributed by atoms with Gasteiger partial charge in [0.15, 0.2) is 0 Å². The van der Waals surface area contributed by atoms with E-state index >= 15 is 0 Å². The summed E-state index contributed by atoms with van der Waals surface area (Å²) in [6.45, 7) is 11.2. The summed E-state index contributed by atoms with van der Waals surface area (Å²) in [7, 11) is 0. The fourth-order valence-corrected chi connectivity index (χ4v) is 5.90. The molecule has 2 aromatic rings. The third kappa shape index (κ3) is 10.3. The third-order valence-electron chi connectivity index (χ3n) is 8.33. The number of hydrogen-bond acceptors (Lipinski definition) is 8. The molecule has 0 unspecified atom stereocenters. The first kappa shape index (κ1) is 35.5. The Morgan fingerprint density at radius 1 is 0.978 bits per heavy atom. The van der Waals surface area contributed by atoms with Crippen LogP contribution in [0.1, 0.15) is 38.8 Å². The van der Waals surface area contributed by atoms with Crippen molar-refractivity contribution in [2.24, 2.45) is 11.8 Å². The molecule has 3 amide bonds. The van der Waals surface area contributed by atoms with E-state index < -0.39 is 24.0 Å². The van der Waals surface area contributed by atoms with Crippen molar-refractivity contribution < 1.29 is 29.0 Å². The van der Waals surface area contributed by atoms with Gasteiger partial charge in [-0.1, -0.05) is 56.6 Å². The Morgan fingerprint density at radius 2 is 1.72 bits per heavy atom. The first-order chi connectivity index (χ1) is 22.0. The Bertz CT molecular complexity index is 1340. The molecule has 2 heterocycles. The maximum Gasteiger partial charge on any atom is 0.243 e. The van der Waals surface area contributed by atoms with E-state index in [2.05, 4.69) is 33.1 Å². The molecule has 46 heavy (non-hydrogen) atoms. The number of halogens is 1. The number of amides is 3. The average molecular weight is 658 g/mol. The zero-order valence-corrected chi connectivity index (χ0v) is 27.9. The number of nitrogens with zero attached hydrogens (tertiary/aromatic N) is 1. The number of phenolic OH excluding ortho intramolecular Hbond substituents is 1. The number of benzene rings is 2. The molecule has 4 rings (SSSR count). The number of para-hydroxylation sites is 1. The minimum absolute atomic E-state index is 0.0468. The largest absolute Gasteiger partial charge is 0.506 e. The van der Waals surface area contributed by atoms with E-state index in [1.807, 2.05) is 45.0 Å². The van der Waals surface area contributed by atoms with Crippen molar-refractivity contribution >= 4 is 29.3 Å². The summed E-state index contributed by atoms with van der Waals surface area (Å²) in [6.07, 6.45) is 0.930. The van der Waals surface area contributed by atoms with Crippen molar-refractivity contribution in [2.75, 3.05) is 46.0 Å². The molecule has 0 aliphatic carbocycles. The van der Waals surface area contributed by atoms with E-state index in [1.165, 1.54) is 6.07 Å². The van der Waals surface area contributed by atoms with E-state index in [0.29, 0.717) is 52.4 Å². The third-order valence-corrected chi connectivity index (χ3v) is 8.64. The van der Waals surface area contributed by atoms with E-state index in [0.717, 1.165) is 16.9 Å². The second-order valence-electron chi connectivity index (χ2n) is 12.8. The van der Waals surface area contributed by atoms with E-state index in [9.17, 15) is 19.5 Å². The summed E-state index contributed by atoms with van der Waals surface area (Å²) in [5, 5.41) is 22.4. The lowest BCUT2D eigenvalue weighted by molar-refractivity contribution is -0.134. The Kier molecular flexibility index (Phi) is 13.1. The highest BCUT2D eigenvalue weighted by Gasteiger charge is 2.33. The second kappa shape index (κ2) is 17.0. The van der Waals surface area contributed by atoms with Crippen LogP contribution in [0.25, 0.3) is 0 Å². The van der Waals surface area contributed by atoms with Gasteiger partial charge in [0.2, 0.25) is 17.7 Å². The summed E-state index contributed by atoms with van der Waals surface area (Å²) in [5.41, 5.74) is 1.75. The van der Waals surface area contributed by atoms with Gasteiger partial charge in [0.1, 0.15) is 30.2 Å². The van der Waals surface area contributed by atoms with E-state index in [-0.39, 0.29) is 46.9 Å². The normalized spacial score (nSPS) is 26.1. The molecule has 11 nitrogen and oxygen atoms in total. The minimum atomic E-state index is -0.892.